The number of nitrogens with zero attached hydrogens (tertiary/aromatic N) is 1. The number of ether oxygens (including phenoxy) is 2. The minimum atomic E-state index is -0.629. The van der Waals surface area contributed by atoms with Crippen LogP contribution in [0.25, 0.3) is 0 Å². The molecule has 0 saturated heterocycles. The number of carbonyl (C=O) groups is 1. The van der Waals surface area contributed by atoms with Gasteiger partial charge in [-0.25, -0.2) is 4.79 Å². The number of nitriles is 1. The fraction of sp³-hybridized carbons (Fsp3) is 0.250. The number of esters is 1. The third-order valence-corrected chi connectivity index (χ3v) is 5.02. The van der Waals surface area contributed by atoms with E-state index < -0.39 is 11.9 Å². The Labute approximate surface area is 156 Å². The molecule has 0 spiro atoms. The van der Waals surface area contributed by atoms with Crippen LogP contribution in [0, 0.1) is 14.9 Å². The second-order valence-corrected chi connectivity index (χ2v) is 6.77. The lowest BCUT2D eigenvalue weighted by atomic mass is 9.83. The van der Waals surface area contributed by atoms with Gasteiger partial charge in [0.25, 0.3) is 0 Å². The zero-order valence-corrected chi connectivity index (χ0v) is 16.3. The Morgan fingerprint density at radius 2 is 2.26 bits per heavy atom. The second-order valence-electron chi connectivity index (χ2n) is 4.75. The van der Waals surface area contributed by atoms with Gasteiger partial charge in [-0.15, -0.1) is 0 Å². The maximum Gasteiger partial charge on any atom is 0.338 e. The molecule has 1 aromatic rings. The molecule has 0 radical (unpaired) electrons. The fourth-order valence-electron chi connectivity index (χ4n) is 2.43. The Hall–Kier alpha value is -1.53. The van der Waals surface area contributed by atoms with Crippen LogP contribution in [0.3, 0.4) is 0 Å². The number of hydrogen-bond acceptors (Lipinski definition) is 5. The van der Waals surface area contributed by atoms with Gasteiger partial charge in [0.2, 0.25) is 5.88 Å². The van der Waals surface area contributed by atoms with E-state index in [9.17, 15) is 10.1 Å². The first kappa shape index (κ1) is 17.8. The summed E-state index contributed by atoms with van der Waals surface area (Å²) in [5.41, 5.74) is 7.16. The smallest absolute Gasteiger partial charge is 0.338 e. The normalized spacial score (nSPS) is 17.6. The maximum atomic E-state index is 12.4. The highest BCUT2D eigenvalue weighted by Gasteiger charge is 2.38. The van der Waals surface area contributed by atoms with Crippen LogP contribution >= 0.6 is 38.5 Å². The molecule has 2 N–H and O–H groups in total. The Morgan fingerprint density at radius 3 is 2.83 bits per heavy atom. The summed E-state index contributed by atoms with van der Waals surface area (Å²) in [5.74, 6) is -0.789. The van der Waals surface area contributed by atoms with Crippen LogP contribution < -0.4 is 5.73 Å². The van der Waals surface area contributed by atoms with Crippen molar-refractivity contribution >= 4 is 44.5 Å². The molecule has 1 aliphatic heterocycles. The number of rotatable bonds is 3. The Kier molecular flexibility index (Phi) is 5.70. The summed E-state index contributed by atoms with van der Waals surface area (Å²) in [6, 6.07) is 7.71. The van der Waals surface area contributed by atoms with Gasteiger partial charge in [-0.1, -0.05) is 22.0 Å². The van der Waals surface area contributed by atoms with E-state index in [2.05, 4.69) is 44.6 Å². The summed E-state index contributed by atoms with van der Waals surface area (Å²) in [7, 11) is 0. The van der Waals surface area contributed by atoms with Gasteiger partial charge in [0, 0.05) is 8.04 Å². The predicted octanol–water partition coefficient (Wildman–Crippen LogP) is 3.70. The first-order chi connectivity index (χ1) is 10.9. The summed E-state index contributed by atoms with van der Waals surface area (Å²) >= 11 is 5.67. The van der Waals surface area contributed by atoms with Crippen LogP contribution in [0.15, 0.2) is 45.5 Å². The Balaban J connectivity index is 2.72. The van der Waals surface area contributed by atoms with E-state index in [-0.39, 0.29) is 18.1 Å². The minimum Gasteiger partial charge on any atom is -0.463 e. The second kappa shape index (κ2) is 7.36. The van der Waals surface area contributed by atoms with Gasteiger partial charge >= 0.3 is 5.97 Å². The molecule has 7 heteroatoms. The van der Waals surface area contributed by atoms with E-state index in [0.29, 0.717) is 11.3 Å². The maximum absolute atomic E-state index is 12.4. The molecule has 1 aliphatic rings. The zero-order valence-electron chi connectivity index (χ0n) is 12.5. The first-order valence-corrected chi connectivity index (χ1v) is 8.68. The highest BCUT2D eigenvalue weighted by atomic mass is 127. The van der Waals surface area contributed by atoms with Crippen LogP contribution in [-0.2, 0) is 14.3 Å². The van der Waals surface area contributed by atoms with Crippen molar-refractivity contribution in [1.29, 1.82) is 5.26 Å². The molecule has 1 heterocycles. The minimum absolute atomic E-state index is 0.00889. The SMILES string of the molecule is CCOC(=O)C1=C(C)OC(N)=C(C#N)C1c1c(Br)cccc1I. The lowest BCUT2D eigenvalue weighted by Crippen LogP contribution is -2.26. The molecule has 0 saturated carbocycles. The van der Waals surface area contributed by atoms with E-state index in [1.54, 1.807) is 13.8 Å². The zero-order chi connectivity index (χ0) is 17.1. The number of nitrogens with two attached hydrogens (primary N) is 1. The van der Waals surface area contributed by atoms with Crippen LogP contribution in [-0.4, -0.2) is 12.6 Å². The van der Waals surface area contributed by atoms with Gasteiger partial charge in [-0.3, -0.25) is 0 Å². The summed E-state index contributed by atoms with van der Waals surface area (Å²) in [5, 5.41) is 9.53. The molecule has 120 valence electrons. The number of hydrogen-bond donors (Lipinski definition) is 1. The van der Waals surface area contributed by atoms with Crippen LogP contribution in [0.4, 0.5) is 0 Å². The molecule has 5 nitrogen and oxygen atoms in total. The van der Waals surface area contributed by atoms with Crippen molar-refractivity contribution in [2.24, 2.45) is 5.73 Å². The van der Waals surface area contributed by atoms with Gasteiger partial charge in [0.1, 0.15) is 17.4 Å². The first-order valence-electron chi connectivity index (χ1n) is 6.81. The van der Waals surface area contributed by atoms with E-state index in [1.807, 2.05) is 18.2 Å². The van der Waals surface area contributed by atoms with Crippen LogP contribution in [0.2, 0.25) is 0 Å². The van der Waals surface area contributed by atoms with Crippen molar-refractivity contribution < 1.29 is 14.3 Å². The summed E-state index contributed by atoms with van der Waals surface area (Å²) in [6.07, 6.45) is 0. The predicted molar refractivity (Wildman–Crippen MR) is 96.8 cm³/mol. The van der Waals surface area contributed by atoms with Gasteiger partial charge in [0.05, 0.1) is 18.1 Å². The Morgan fingerprint density at radius 1 is 1.57 bits per heavy atom. The lowest BCUT2D eigenvalue weighted by molar-refractivity contribution is -0.139. The van der Waals surface area contributed by atoms with Crippen molar-refractivity contribution in [1.82, 2.24) is 0 Å². The molecular formula is C16H14BrIN2O3. The highest BCUT2D eigenvalue weighted by molar-refractivity contribution is 14.1. The molecule has 0 bridgehead atoms. The van der Waals surface area contributed by atoms with Gasteiger partial charge < -0.3 is 15.2 Å². The molecule has 1 aromatic carbocycles. The van der Waals surface area contributed by atoms with Gasteiger partial charge in [-0.05, 0) is 54.1 Å². The molecule has 23 heavy (non-hydrogen) atoms. The van der Waals surface area contributed by atoms with Crippen molar-refractivity contribution in [2.75, 3.05) is 6.61 Å². The average molecular weight is 489 g/mol. The number of benzene rings is 1. The largest absolute Gasteiger partial charge is 0.463 e. The topological polar surface area (TPSA) is 85.3 Å². The number of carbonyl (C=O) groups excluding carboxylic acids is 1. The fourth-order valence-corrected chi connectivity index (χ4v) is 4.21. The van der Waals surface area contributed by atoms with Crippen molar-refractivity contribution in [3.63, 3.8) is 0 Å². The summed E-state index contributed by atoms with van der Waals surface area (Å²) < 4.78 is 12.2. The molecule has 0 amide bonds. The standard InChI is InChI=1S/C16H14BrIN2O3/c1-3-22-16(21)12-8(2)23-15(20)9(7-19)13(12)14-10(17)5-4-6-11(14)18/h4-6,13H,3,20H2,1-2H3. The molecule has 1 unspecified atom stereocenters. The summed E-state index contributed by atoms with van der Waals surface area (Å²) in [6.45, 7) is 3.60. The summed E-state index contributed by atoms with van der Waals surface area (Å²) in [4.78, 5) is 12.4. The van der Waals surface area contributed by atoms with Crippen molar-refractivity contribution in [3.05, 3.63) is 54.6 Å². The molecule has 0 aromatic heterocycles. The number of allylic oxidation sites excluding steroid dienone is 2. The van der Waals surface area contributed by atoms with Crippen LogP contribution in [0.1, 0.15) is 25.3 Å². The monoisotopic (exact) mass is 488 g/mol. The molecule has 0 aliphatic carbocycles. The average Bonchev–Trinajstić information content (AvgIpc) is 2.47. The van der Waals surface area contributed by atoms with Crippen molar-refractivity contribution in [3.8, 4) is 6.07 Å². The van der Waals surface area contributed by atoms with E-state index in [0.717, 1.165) is 13.6 Å². The van der Waals surface area contributed by atoms with E-state index in [4.69, 9.17) is 15.2 Å². The van der Waals surface area contributed by atoms with E-state index in [1.165, 1.54) is 0 Å². The quantitative estimate of drug-likeness (QED) is 0.518. The van der Waals surface area contributed by atoms with Crippen molar-refractivity contribution in [2.45, 2.75) is 19.8 Å². The van der Waals surface area contributed by atoms with Gasteiger partial charge in [-0.2, -0.15) is 5.26 Å². The third-order valence-electron chi connectivity index (χ3n) is 3.39. The van der Waals surface area contributed by atoms with Gasteiger partial charge in [0.15, 0.2) is 0 Å². The highest BCUT2D eigenvalue weighted by Crippen LogP contribution is 2.43. The Bertz CT molecular complexity index is 745. The van der Waals surface area contributed by atoms with Crippen LogP contribution in [0.5, 0.6) is 0 Å². The lowest BCUT2D eigenvalue weighted by Gasteiger charge is -2.28. The molecule has 0 fully saturated rings. The van der Waals surface area contributed by atoms with E-state index >= 15 is 0 Å². The molecule has 1 atom stereocenters. The number of halogens is 2. The molecular weight excluding hydrogens is 475 g/mol. The third kappa shape index (κ3) is 3.38. The molecule has 2 rings (SSSR count).